The van der Waals surface area contributed by atoms with E-state index in [0.29, 0.717) is 24.6 Å². The Bertz CT molecular complexity index is 540. The van der Waals surface area contributed by atoms with Crippen molar-refractivity contribution in [2.45, 2.75) is 31.2 Å². The molecule has 1 aliphatic rings. The van der Waals surface area contributed by atoms with Gasteiger partial charge in [0.1, 0.15) is 0 Å². The molecule has 1 aromatic carbocycles. The molecule has 5 nitrogen and oxygen atoms in total. The van der Waals surface area contributed by atoms with Crippen molar-refractivity contribution in [3.63, 3.8) is 0 Å². The Balaban J connectivity index is 1.97. The van der Waals surface area contributed by atoms with Gasteiger partial charge in [-0.15, -0.1) is 0 Å². The molecule has 21 heavy (non-hydrogen) atoms. The summed E-state index contributed by atoms with van der Waals surface area (Å²) in [6, 6.07) is 7.07. The van der Waals surface area contributed by atoms with Gasteiger partial charge in [0.15, 0.2) is 0 Å². The number of hydrogen-bond donors (Lipinski definition) is 2. The average molecular weight is 312 g/mol. The van der Waals surface area contributed by atoms with Crippen LogP contribution in [0.3, 0.4) is 0 Å². The normalized spacial score (nSPS) is 19.6. The number of hydrogen-bond acceptors (Lipinski definition) is 4. The first kappa shape index (κ1) is 16.4. The number of sulfonamides is 1. The molecule has 0 radical (unpaired) electrons. The zero-order valence-corrected chi connectivity index (χ0v) is 13.3. The van der Waals surface area contributed by atoms with Gasteiger partial charge in [-0.25, -0.2) is 13.1 Å². The minimum Gasteiger partial charge on any atom is -0.381 e. The largest absolute Gasteiger partial charge is 0.381 e. The molecule has 1 aromatic rings. The van der Waals surface area contributed by atoms with Crippen LogP contribution in [0.15, 0.2) is 29.2 Å². The highest BCUT2D eigenvalue weighted by Crippen LogP contribution is 2.15. The first-order valence-corrected chi connectivity index (χ1v) is 8.97. The molecule has 0 aliphatic carbocycles. The number of ether oxygens (including phenoxy) is 1. The van der Waals surface area contributed by atoms with Gasteiger partial charge >= 0.3 is 0 Å². The van der Waals surface area contributed by atoms with Gasteiger partial charge in [0.05, 0.1) is 11.5 Å². The van der Waals surface area contributed by atoms with E-state index in [1.165, 1.54) is 0 Å². The van der Waals surface area contributed by atoms with Crippen LogP contribution >= 0.6 is 0 Å². The molecule has 2 N–H and O–H groups in total. The summed E-state index contributed by atoms with van der Waals surface area (Å²) < 4.78 is 32.7. The summed E-state index contributed by atoms with van der Waals surface area (Å²) in [5.41, 5.74) is 0.973. The second kappa shape index (κ2) is 7.89. The lowest BCUT2D eigenvalue weighted by Crippen LogP contribution is -2.33. The fourth-order valence-corrected chi connectivity index (χ4v) is 3.56. The molecular weight excluding hydrogens is 288 g/mol. The third-order valence-corrected chi connectivity index (χ3v) is 5.03. The molecule has 0 spiro atoms. The molecule has 0 saturated carbocycles. The van der Waals surface area contributed by atoms with Crippen LogP contribution in [0.2, 0.25) is 0 Å². The van der Waals surface area contributed by atoms with E-state index in [4.69, 9.17) is 4.74 Å². The third kappa shape index (κ3) is 5.07. The predicted octanol–water partition coefficient (Wildman–Crippen LogP) is 1.50. The summed E-state index contributed by atoms with van der Waals surface area (Å²) >= 11 is 0. The zero-order chi connectivity index (χ0) is 15.1. The van der Waals surface area contributed by atoms with Crippen LogP contribution in [0.5, 0.6) is 0 Å². The van der Waals surface area contributed by atoms with Crippen molar-refractivity contribution in [2.24, 2.45) is 5.92 Å². The van der Waals surface area contributed by atoms with Crippen LogP contribution in [0, 0.1) is 5.92 Å². The van der Waals surface area contributed by atoms with Crippen LogP contribution in [0.1, 0.15) is 25.3 Å². The van der Waals surface area contributed by atoms with Crippen LogP contribution in [0.25, 0.3) is 0 Å². The SMILES string of the molecule is CCNCc1cccc(S(=O)(=O)NCC2CCCOC2)c1. The molecule has 2 rings (SSSR count). The van der Waals surface area contributed by atoms with Crippen LogP contribution in [-0.4, -0.2) is 34.7 Å². The highest BCUT2D eigenvalue weighted by atomic mass is 32.2. The van der Waals surface area contributed by atoms with Gasteiger partial charge in [-0.3, -0.25) is 0 Å². The van der Waals surface area contributed by atoms with Crippen LogP contribution in [-0.2, 0) is 21.3 Å². The maximum atomic E-state index is 12.3. The van der Waals surface area contributed by atoms with Crippen molar-refractivity contribution < 1.29 is 13.2 Å². The smallest absolute Gasteiger partial charge is 0.240 e. The molecule has 0 bridgehead atoms. The van der Waals surface area contributed by atoms with Gasteiger partial charge in [0, 0.05) is 19.7 Å². The van der Waals surface area contributed by atoms with Crippen molar-refractivity contribution in [1.82, 2.24) is 10.0 Å². The minimum atomic E-state index is -3.44. The summed E-state index contributed by atoms with van der Waals surface area (Å²) in [5, 5.41) is 3.20. The van der Waals surface area contributed by atoms with E-state index in [9.17, 15) is 8.42 Å². The minimum absolute atomic E-state index is 0.276. The Morgan fingerprint density at radius 2 is 2.24 bits per heavy atom. The molecule has 1 saturated heterocycles. The number of rotatable bonds is 7. The van der Waals surface area contributed by atoms with Crippen molar-refractivity contribution in [3.8, 4) is 0 Å². The van der Waals surface area contributed by atoms with E-state index >= 15 is 0 Å². The van der Waals surface area contributed by atoms with E-state index in [1.54, 1.807) is 18.2 Å². The first-order chi connectivity index (χ1) is 10.1. The fraction of sp³-hybridized carbons (Fsp3) is 0.600. The standard InChI is InChI=1S/C15H24N2O3S/c1-2-16-10-13-5-3-7-15(9-13)21(18,19)17-11-14-6-4-8-20-12-14/h3,5,7,9,14,16-17H,2,4,6,8,10-12H2,1H3. The van der Waals surface area contributed by atoms with Crippen molar-refractivity contribution in [3.05, 3.63) is 29.8 Å². The van der Waals surface area contributed by atoms with E-state index < -0.39 is 10.0 Å². The molecule has 118 valence electrons. The fourth-order valence-electron chi connectivity index (χ4n) is 2.37. The molecular formula is C15H24N2O3S. The first-order valence-electron chi connectivity index (χ1n) is 7.49. The molecule has 1 unspecified atom stereocenters. The van der Waals surface area contributed by atoms with E-state index in [0.717, 1.165) is 31.6 Å². The van der Waals surface area contributed by atoms with Gasteiger partial charge in [-0.2, -0.15) is 0 Å². The van der Waals surface area contributed by atoms with Gasteiger partial charge < -0.3 is 10.1 Å². The highest BCUT2D eigenvalue weighted by molar-refractivity contribution is 7.89. The molecule has 1 fully saturated rings. The van der Waals surface area contributed by atoms with E-state index in [1.807, 2.05) is 13.0 Å². The molecule has 1 aliphatic heterocycles. The Hall–Kier alpha value is -0.950. The quantitative estimate of drug-likeness (QED) is 0.801. The second-order valence-electron chi connectivity index (χ2n) is 5.36. The summed E-state index contributed by atoms with van der Waals surface area (Å²) in [7, 11) is -3.44. The van der Waals surface area contributed by atoms with Crippen molar-refractivity contribution >= 4 is 10.0 Å². The van der Waals surface area contributed by atoms with Gasteiger partial charge in [0.2, 0.25) is 10.0 Å². The van der Waals surface area contributed by atoms with Crippen LogP contribution in [0.4, 0.5) is 0 Å². The van der Waals surface area contributed by atoms with Gasteiger partial charge in [-0.05, 0) is 43.0 Å². The molecule has 0 amide bonds. The van der Waals surface area contributed by atoms with Crippen LogP contribution < -0.4 is 10.0 Å². The highest BCUT2D eigenvalue weighted by Gasteiger charge is 2.19. The van der Waals surface area contributed by atoms with Crippen molar-refractivity contribution in [1.29, 1.82) is 0 Å². The number of nitrogens with one attached hydrogen (secondary N) is 2. The Morgan fingerprint density at radius 3 is 2.95 bits per heavy atom. The maximum absolute atomic E-state index is 12.3. The molecule has 1 heterocycles. The second-order valence-corrected chi connectivity index (χ2v) is 7.13. The molecule has 0 aromatic heterocycles. The lowest BCUT2D eigenvalue weighted by atomic mass is 10.0. The Morgan fingerprint density at radius 1 is 1.38 bits per heavy atom. The topological polar surface area (TPSA) is 67.4 Å². The average Bonchev–Trinajstić information content (AvgIpc) is 2.52. The summed E-state index contributed by atoms with van der Waals surface area (Å²) in [6.07, 6.45) is 2.02. The lowest BCUT2D eigenvalue weighted by molar-refractivity contribution is 0.0568. The predicted molar refractivity (Wildman–Crippen MR) is 82.6 cm³/mol. The van der Waals surface area contributed by atoms with Crippen molar-refractivity contribution in [2.75, 3.05) is 26.3 Å². The molecule has 6 heteroatoms. The molecule has 1 atom stereocenters. The van der Waals surface area contributed by atoms with Gasteiger partial charge in [-0.1, -0.05) is 19.1 Å². The zero-order valence-electron chi connectivity index (χ0n) is 12.5. The van der Waals surface area contributed by atoms with Gasteiger partial charge in [0.25, 0.3) is 0 Å². The summed E-state index contributed by atoms with van der Waals surface area (Å²) in [4.78, 5) is 0.328. The number of benzene rings is 1. The Kier molecular flexibility index (Phi) is 6.17. The maximum Gasteiger partial charge on any atom is 0.240 e. The summed E-state index contributed by atoms with van der Waals surface area (Å²) in [6.45, 7) is 5.43. The summed E-state index contributed by atoms with van der Waals surface area (Å²) in [5.74, 6) is 0.276. The van der Waals surface area contributed by atoms with E-state index in [-0.39, 0.29) is 5.92 Å². The third-order valence-electron chi connectivity index (χ3n) is 3.60. The Labute approximate surface area is 127 Å². The lowest BCUT2D eigenvalue weighted by Gasteiger charge is -2.22. The van der Waals surface area contributed by atoms with E-state index in [2.05, 4.69) is 10.0 Å². The monoisotopic (exact) mass is 312 g/mol.